The van der Waals surface area contributed by atoms with E-state index in [1.165, 1.54) is 0 Å². The summed E-state index contributed by atoms with van der Waals surface area (Å²) in [5.74, 6) is -0.632. The van der Waals surface area contributed by atoms with Crippen LogP contribution in [0.4, 0.5) is 0 Å². The van der Waals surface area contributed by atoms with Crippen LogP contribution in [0.25, 0.3) is 0 Å². The number of aliphatic hydroxyl groups excluding tert-OH is 2. The molecular weight excluding hydrogens is 232 g/mol. The zero-order valence-corrected chi connectivity index (χ0v) is 10.8. The summed E-state index contributed by atoms with van der Waals surface area (Å²) >= 11 is 0. The Morgan fingerprint density at radius 1 is 1.17 bits per heavy atom. The normalized spacial score (nSPS) is 31.4. The van der Waals surface area contributed by atoms with Crippen LogP contribution in [0.15, 0.2) is 12.7 Å². The molecule has 1 saturated carbocycles. The maximum absolute atomic E-state index is 10.3. The molecule has 1 rings (SSSR count). The molecule has 0 unspecified atom stereocenters. The van der Waals surface area contributed by atoms with E-state index in [1.54, 1.807) is 6.08 Å². The number of hydrogen-bond acceptors (Lipinski definition) is 3. The number of aliphatic carboxylic acids is 1. The Hall–Kier alpha value is -0.870. The molecule has 0 aromatic carbocycles. The topological polar surface area (TPSA) is 77.8 Å². The summed E-state index contributed by atoms with van der Waals surface area (Å²) in [6, 6.07) is 0. The van der Waals surface area contributed by atoms with Crippen molar-refractivity contribution in [3.63, 3.8) is 0 Å². The first kappa shape index (κ1) is 15.2. The van der Waals surface area contributed by atoms with Crippen LogP contribution in [-0.2, 0) is 4.79 Å². The molecule has 0 radical (unpaired) electrons. The van der Waals surface area contributed by atoms with Gasteiger partial charge in [0.25, 0.3) is 0 Å². The van der Waals surface area contributed by atoms with Gasteiger partial charge in [0.1, 0.15) is 0 Å². The number of aliphatic hydroxyl groups is 2. The molecule has 0 aromatic heterocycles. The van der Waals surface area contributed by atoms with Gasteiger partial charge in [0.2, 0.25) is 0 Å². The van der Waals surface area contributed by atoms with Crippen LogP contribution in [0.5, 0.6) is 0 Å². The van der Waals surface area contributed by atoms with Gasteiger partial charge in [0.05, 0.1) is 12.2 Å². The molecule has 0 spiro atoms. The summed E-state index contributed by atoms with van der Waals surface area (Å²) in [5.41, 5.74) is 0. The SMILES string of the molecule is C=C[C@@H]1[C@@H](CCCCCCC(=O)O)[C@@H](O)C[C@H]1O. The van der Waals surface area contributed by atoms with Gasteiger partial charge in [-0.1, -0.05) is 25.3 Å². The second-order valence-corrected chi connectivity index (χ2v) is 5.19. The van der Waals surface area contributed by atoms with Gasteiger partial charge >= 0.3 is 5.97 Å². The van der Waals surface area contributed by atoms with Crippen LogP contribution in [0.1, 0.15) is 44.9 Å². The lowest BCUT2D eigenvalue weighted by atomic mass is 9.88. The summed E-state index contributed by atoms with van der Waals surface area (Å²) in [7, 11) is 0. The van der Waals surface area contributed by atoms with Crippen LogP contribution in [0, 0.1) is 11.8 Å². The molecule has 18 heavy (non-hydrogen) atoms. The third kappa shape index (κ3) is 4.42. The highest BCUT2D eigenvalue weighted by molar-refractivity contribution is 5.66. The number of hydrogen-bond donors (Lipinski definition) is 3. The van der Waals surface area contributed by atoms with Crippen molar-refractivity contribution in [2.75, 3.05) is 0 Å². The Bertz CT molecular complexity index is 277. The minimum Gasteiger partial charge on any atom is -0.481 e. The van der Waals surface area contributed by atoms with Gasteiger partial charge in [-0.2, -0.15) is 0 Å². The maximum atomic E-state index is 10.3. The van der Waals surface area contributed by atoms with E-state index in [0.717, 1.165) is 32.1 Å². The molecule has 4 heteroatoms. The standard InChI is InChI=1S/C14H24O4/c1-2-10-11(13(16)9-12(10)15)7-5-3-4-6-8-14(17)18/h2,10-13,15-16H,1,3-9H2,(H,17,18)/t10-,11-,12-,13+/m1/s1. The predicted molar refractivity (Wildman–Crippen MR) is 69.1 cm³/mol. The molecule has 4 atom stereocenters. The lowest BCUT2D eigenvalue weighted by molar-refractivity contribution is -0.137. The summed E-state index contributed by atoms with van der Waals surface area (Å²) in [6.45, 7) is 3.72. The largest absolute Gasteiger partial charge is 0.481 e. The lowest BCUT2D eigenvalue weighted by Gasteiger charge is -2.20. The maximum Gasteiger partial charge on any atom is 0.303 e. The Balaban J connectivity index is 2.18. The Morgan fingerprint density at radius 2 is 1.83 bits per heavy atom. The Kier molecular flexibility index (Phi) is 6.36. The molecule has 1 fully saturated rings. The Labute approximate surface area is 108 Å². The summed E-state index contributed by atoms with van der Waals surface area (Å²) < 4.78 is 0. The third-order valence-electron chi connectivity index (χ3n) is 3.87. The molecule has 0 bridgehead atoms. The first-order valence-electron chi connectivity index (χ1n) is 6.76. The summed E-state index contributed by atoms with van der Waals surface area (Å²) in [6.07, 6.45) is 6.00. The highest BCUT2D eigenvalue weighted by Crippen LogP contribution is 2.36. The first-order chi connectivity index (χ1) is 8.56. The van der Waals surface area contributed by atoms with Crippen molar-refractivity contribution in [1.29, 1.82) is 0 Å². The molecule has 104 valence electrons. The zero-order chi connectivity index (χ0) is 13.5. The van der Waals surface area contributed by atoms with Crippen LogP contribution in [0.2, 0.25) is 0 Å². The second kappa shape index (κ2) is 7.54. The number of unbranched alkanes of at least 4 members (excludes halogenated alkanes) is 3. The lowest BCUT2D eigenvalue weighted by Crippen LogP contribution is -2.20. The predicted octanol–water partition coefficient (Wildman–Crippen LogP) is 1.96. The average Bonchev–Trinajstić information content (AvgIpc) is 2.57. The fraction of sp³-hybridized carbons (Fsp3) is 0.786. The number of carboxylic acids is 1. The van der Waals surface area contributed by atoms with E-state index in [4.69, 9.17) is 5.11 Å². The van der Waals surface area contributed by atoms with Crippen molar-refractivity contribution < 1.29 is 20.1 Å². The fourth-order valence-corrected chi connectivity index (χ4v) is 2.85. The van der Waals surface area contributed by atoms with E-state index in [0.29, 0.717) is 6.42 Å². The molecule has 0 aromatic rings. The van der Waals surface area contributed by atoms with Crippen molar-refractivity contribution >= 4 is 5.97 Å². The van der Waals surface area contributed by atoms with E-state index >= 15 is 0 Å². The van der Waals surface area contributed by atoms with Crippen molar-refractivity contribution in [2.45, 2.75) is 57.2 Å². The third-order valence-corrected chi connectivity index (χ3v) is 3.87. The number of carbonyl (C=O) groups is 1. The monoisotopic (exact) mass is 256 g/mol. The molecular formula is C14H24O4. The van der Waals surface area contributed by atoms with Gasteiger partial charge in [-0.3, -0.25) is 4.79 Å². The highest BCUT2D eigenvalue weighted by Gasteiger charge is 2.39. The average molecular weight is 256 g/mol. The van der Waals surface area contributed by atoms with E-state index in [2.05, 4.69) is 6.58 Å². The molecule has 1 aliphatic carbocycles. The molecule has 1 aliphatic rings. The molecule has 0 aliphatic heterocycles. The molecule has 3 N–H and O–H groups in total. The van der Waals surface area contributed by atoms with Gasteiger partial charge in [-0.05, 0) is 18.8 Å². The number of rotatable bonds is 8. The zero-order valence-electron chi connectivity index (χ0n) is 10.8. The molecule has 0 heterocycles. The van der Waals surface area contributed by atoms with E-state index in [-0.39, 0.29) is 18.3 Å². The summed E-state index contributed by atoms with van der Waals surface area (Å²) in [4.78, 5) is 10.3. The minimum absolute atomic E-state index is 0.000908. The second-order valence-electron chi connectivity index (χ2n) is 5.19. The van der Waals surface area contributed by atoms with Crippen molar-refractivity contribution in [1.82, 2.24) is 0 Å². The Morgan fingerprint density at radius 3 is 2.44 bits per heavy atom. The minimum atomic E-state index is -0.740. The van der Waals surface area contributed by atoms with Crippen molar-refractivity contribution in [3.05, 3.63) is 12.7 Å². The van der Waals surface area contributed by atoms with Crippen LogP contribution < -0.4 is 0 Å². The van der Waals surface area contributed by atoms with Crippen LogP contribution in [0.3, 0.4) is 0 Å². The van der Waals surface area contributed by atoms with Gasteiger partial charge in [-0.25, -0.2) is 0 Å². The molecule has 0 saturated heterocycles. The van der Waals surface area contributed by atoms with Gasteiger partial charge < -0.3 is 15.3 Å². The van der Waals surface area contributed by atoms with Crippen molar-refractivity contribution in [2.24, 2.45) is 11.8 Å². The quantitative estimate of drug-likeness (QED) is 0.458. The smallest absolute Gasteiger partial charge is 0.303 e. The number of carboxylic acid groups (broad SMARTS) is 1. The molecule has 0 amide bonds. The van der Waals surface area contributed by atoms with E-state index in [1.807, 2.05) is 0 Å². The summed E-state index contributed by atoms with van der Waals surface area (Å²) in [5, 5.41) is 28.1. The van der Waals surface area contributed by atoms with Crippen LogP contribution >= 0.6 is 0 Å². The van der Waals surface area contributed by atoms with Gasteiger partial charge in [0.15, 0.2) is 0 Å². The van der Waals surface area contributed by atoms with Crippen molar-refractivity contribution in [3.8, 4) is 0 Å². The van der Waals surface area contributed by atoms with Crippen LogP contribution in [-0.4, -0.2) is 33.5 Å². The first-order valence-corrected chi connectivity index (χ1v) is 6.76. The van der Waals surface area contributed by atoms with Gasteiger partial charge in [0, 0.05) is 18.8 Å². The fourth-order valence-electron chi connectivity index (χ4n) is 2.85. The van der Waals surface area contributed by atoms with Gasteiger partial charge in [-0.15, -0.1) is 6.58 Å². The molecule has 4 nitrogen and oxygen atoms in total. The van der Waals surface area contributed by atoms with E-state index < -0.39 is 18.2 Å². The highest BCUT2D eigenvalue weighted by atomic mass is 16.4. The van der Waals surface area contributed by atoms with E-state index in [9.17, 15) is 15.0 Å².